The molecule has 1 aromatic heterocycles. The number of carbonyl (C=O) groups excluding carboxylic acids is 2. The quantitative estimate of drug-likeness (QED) is 0.593. The van der Waals surface area contributed by atoms with Crippen LogP contribution < -0.4 is 0 Å². The Morgan fingerprint density at radius 2 is 1.84 bits per heavy atom. The predicted octanol–water partition coefficient (Wildman–Crippen LogP) is 4.50. The van der Waals surface area contributed by atoms with E-state index in [-0.39, 0.29) is 47.6 Å². The van der Waals surface area contributed by atoms with Crippen molar-refractivity contribution in [2.45, 2.75) is 39.8 Å². The first-order valence-electron chi connectivity index (χ1n) is 10.9. The molecule has 7 heteroatoms. The summed E-state index contributed by atoms with van der Waals surface area (Å²) in [7, 11) is 0. The molecule has 0 saturated heterocycles. The molecule has 0 saturated carbocycles. The Bertz CT molecular complexity index is 1170. The predicted molar refractivity (Wildman–Crippen MR) is 120 cm³/mol. The number of carbonyl (C=O) groups is 2. The lowest BCUT2D eigenvalue weighted by Crippen LogP contribution is -2.33. The number of phenolic OH excluding ortho intramolecular Hbond substituents is 1. The zero-order valence-electron chi connectivity index (χ0n) is 18.3. The second kappa shape index (κ2) is 8.94. The first-order valence-corrected chi connectivity index (χ1v) is 10.9. The third kappa shape index (κ3) is 3.79. The molecule has 0 aliphatic carbocycles. The van der Waals surface area contributed by atoms with Crippen molar-refractivity contribution < 1.29 is 19.1 Å². The van der Waals surface area contributed by atoms with Crippen LogP contribution in [0.2, 0.25) is 0 Å². The van der Waals surface area contributed by atoms with Gasteiger partial charge in [0.05, 0.1) is 11.1 Å². The van der Waals surface area contributed by atoms with E-state index < -0.39 is 0 Å². The van der Waals surface area contributed by atoms with Gasteiger partial charge in [-0.05, 0) is 36.6 Å². The van der Waals surface area contributed by atoms with Gasteiger partial charge in [-0.25, -0.2) is 4.39 Å². The molecule has 166 valence electrons. The van der Waals surface area contributed by atoms with Crippen LogP contribution in [-0.4, -0.2) is 44.8 Å². The first kappa shape index (κ1) is 21.7. The minimum absolute atomic E-state index is 0.134. The summed E-state index contributed by atoms with van der Waals surface area (Å²) in [6, 6.07) is 9.43. The van der Waals surface area contributed by atoms with Crippen molar-refractivity contribution in [3.05, 3.63) is 70.7 Å². The van der Waals surface area contributed by atoms with E-state index in [9.17, 15) is 19.1 Å². The lowest BCUT2D eigenvalue weighted by Gasteiger charge is -2.24. The molecule has 0 atom stereocenters. The molecular formula is C25H26FN3O3. The van der Waals surface area contributed by atoms with Crippen LogP contribution in [0.25, 0.3) is 10.9 Å². The molecule has 0 spiro atoms. The molecule has 1 aliphatic rings. The van der Waals surface area contributed by atoms with Crippen LogP contribution in [0.1, 0.15) is 58.5 Å². The summed E-state index contributed by atoms with van der Waals surface area (Å²) >= 11 is 0. The molecule has 2 amide bonds. The first-order chi connectivity index (χ1) is 15.5. The fourth-order valence-electron chi connectivity index (χ4n) is 4.35. The maximum atomic E-state index is 13.7. The fourth-order valence-corrected chi connectivity index (χ4v) is 4.35. The Labute approximate surface area is 186 Å². The van der Waals surface area contributed by atoms with E-state index in [1.165, 1.54) is 18.3 Å². The topological polar surface area (TPSA) is 73.7 Å². The van der Waals surface area contributed by atoms with Crippen molar-refractivity contribution in [2.75, 3.05) is 13.1 Å². The maximum absolute atomic E-state index is 13.7. The largest absolute Gasteiger partial charge is 0.505 e. The molecule has 3 aromatic rings. The van der Waals surface area contributed by atoms with Crippen LogP contribution in [-0.2, 0) is 13.1 Å². The number of fused-ring (bicyclic) bond motifs is 2. The van der Waals surface area contributed by atoms with E-state index in [2.05, 4.69) is 4.98 Å². The monoisotopic (exact) mass is 435 g/mol. The molecule has 0 bridgehead atoms. The van der Waals surface area contributed by atoms with Gasteiger partial charge in [0.25, 0.3) is 11.8 Å². The van der Waals surface area contributed by atoms with Crippen LogP contribution in [0, 0.1) is 5.82 Å². The van der Waals surface area contributed by atoms with E-state index in [1.54, 1.807) is 34.1 Å². The van der Waals surface area contributed by atoms with Gasteiger partial charge in [0.1, 0.15) is 11.3 Å². The van der Waals surface area contributed by atoms with E-state index in [0.717, 1.165) is 18.4 Å². The number of rotatable bonds is 7. The van der Waals surface area contributed by atoms with Crippen molar-refractivity contribution in [3.8, 4) is 5.75 Å². The summed E-state index contributed by atoms with van der Waals surface area (Å²) in [6.45, 7) is 5.69. The highest BCUT2D eigenvalue weighted by Gasteiger charge is 2.37. The number of pyridine rings is 1. The van der Waals surface area contributed by atoms with Crippen molar-refractivity contribution >= 4 is 22.7 Å². The van der Waals surface area contributed by atoms with Crippen LogP contribution >= 0.6 is 0 Å². The standard InChI is InChI=1S/C25H26FN3O3/c1-3-12-28(13-4-2)24(31)20-18-6-5-11-27-22(18)23(30)21-19(20)15-29(25(21)32)14-16-7-9-17(26)10-8-16/h5-11,30H,3-4,12-15H2,1-2H3. The Morgan fingerprint density at radius 1 is 1.16 bits per heavy atom. The number of phenols is 1. The van der Waals surface area contributed by atoms with E-state index in [1.807, 2.05) is 13.8 Å². The molecule has 2 aromatic carbocycles. The third-order valence-corrected chi connectivity index (χ3v) is 5.77. The average molecular weight is 435 g/mol. The SMILES string of the molecule is CCCN(CCC)C(=O)c1c2c(c(O)c3ncccc13)C(=O)N(Cc1ccc(F)cc1)C2. The second-order valence-electron chi connectivity index (χ2n) is 8.06. The van der Waals surface area contributed by atoms with Crippen LogP contribution in [0.4, 0.5) is 4.39 Å². The highest BCUT2D eigenvalue weighted by Crippen LogP contribution is 2.40. The van der Waals surface area contributed by atoms with Crippen molar-refractivity contribution in [1.29, 1.82) is 0 Å². The summed E-state index contributed by atoms with van der Waals surface area (Å²) in [5.41, 5.74) is 2.10. The Hall–Kier alpha value is -3.48. The van der Waals surface area contributed by atoms with Gasteiger partial charge in [-0.2, -0.15) is 0 Å². The van der Waals surface area contributed by atoms with Crippen LogP contribution in [0.15, 0.2) is 42.6 Å². The molecule has 2 heterocycles. The number of benzene rings is 2. The summed E-state index contributed by atoms with van der Waals surface area (Å²) in [6.07, 6.45) is 3.17. The number of hydrogen-bond donors (Lipinski definition) is 1. The highest BCUT2D eigenvalue weighted by molar-refractivity contribution is 6.15. The Balaban J connectivity index is 1.82. The van der Waals surface area contributed by atoms with E-state index in [0.29, 0.717) is 29.6 Å². The molecule has 32 heavy (non-hydrogen) atoms. The number of halogens is 1. The smallest absolute Gasteiger partial charge is 0.258 e. The number of hydrogen-bond acceptors (Lipinski definition) is 4. The zero-order chi connectivity index (χ0) is 22.8. The summed E-state index contributed by atoms with van der Waals surface area (Å²) in [5, 5.41) is 11.5. The third-order valence-electron chi connectivity index (χ3n) is 5.77. The van der Waals surface area contributed by atoms with Crippen molar-refractivity contribution in [2.24, 2.45) is 0 Å². The normalized spacial score (nSPS) is 13.0. The van der Waals surface area contributed by atoms with Crippen molar-refractivity contribution in [3.63, 3.8) is 0 Å². The summed E-state index contributed by atoms with van der Waals surface area (Å²) < 4.78 is 13.3. The summed E-state index contributed by atoms with van der Waals surface area (Å²) in [5.74, 6) is -1.06. The molecule has 1 N–H and O–H groups in total. The van der Waals surface area contributed by atoms with Gasteiger partial charge in [0, 0.05) is 43.3 Å². The van der Waals surface area contributed by atoms with Gasteiger partial charge in [-0.3, -0.25) is 14.6 Å². The number of amides is 2. The van der Waals surface area contributed by atoms with Gasteiger partial charge < -0.3 is 14.9 Å². The average Bonchev–Trinajstić information content (AvgIpc) is 3.11. The van der Waals surface area contributed by atoms with Gasteiger partial charge in [0.15, 0.2) is 5.75 Å². The highest BCUT2D eigenvalue weighted by atomic mass is 19.1. The molecule has 0 fully saturated rings. The van der Waals surface area contributed by atoms with Crippen molar-refractivity contribution in [1.82, 2.24) is 14.8 Å². The minimum Gasteiger partial charge on any atom is -0.505 e. The Kier molecular flexibility index (Phi) is 6.08. The minimum atomic E-state index is -0.360. The Morgan fingerprint density at radius 3 is 2.50 bits per heavy atom. The van der Waals surface area contributed by atoms with Gasteiger partial charge in [0.2, 0.25) is 0 Å². The number of aromatic hydroxyl groups is 1. The molecule has 1 aliphatic heterocycles. The molecule has 4 rings (SSSR count). The number of nitrogens with zero attached hydrogens (tertiary/aromatic N) is 3. The number of aromatic nitrogens is 1. The molecule has 6 nitrogen and oxygen atoms in total. The summed E-state index contributed by atoms with van der Waals surface area (Å²) in [4.78, 5) is 34.6. The van der Waals surface area contributed by atoms with E-state index >= 15 is 0 Å². The molecule has 0 radical (unpaired) electrons. The van der Waals surface area contributed by atoms with Crippen LogP contribution in [0.5, 0.6) is 5.75 Å². The fraction of sp³-hybridized carbons (Fsp3) is 0.320. The maximum Gasteiger partial charge on any atom is 0.258 e. The lowest BCUT2D eigenvalue weighted by molar-refractivity contribution is 0.0744. The lowest BCUT2D eigenvalue weighted by atomic mass is 9.95. The molecular weight excluding hydrogens is 409 g/mol. The van der Waals surface area contributed by atoms with Gasteiger partial charge in [-0.15, -0.1) is 0 Å². The zero-order valence-corrected chi connectivity index (χ0v) is 18.3. The van der Waals surface area contributed by atoms with Gasteiger partial charge in [-0.1, -0.05) is 32.0 Å². The second-order valence-corrected chi connectivity index (χ2v) is 8.06. The van der Waals surface area contributed by atoms with Gasteiger partial charge >= 0.3 is 0 Å². The van der Waals surface area contributed by atoms with E-state index in [4.69, 9.17) is 0 Å². The molecule has 0 unspecified atom stereocenters. The van der Waals surface area contributed by atoms with Crippen LogP contribution in [0.3, 0.4) is 0 Å².